The Hall–Kier alpha value is -5.27. The van der Waals surface area contributed by atoms with Crippen molar-refractivity contribution in [3.63, 3.8) is 0 Å². The van der Waals surface area contributed by atoms with Gasteiger partial charge in [-0.3, -0.25) is 20.3 Å². The van der Waals surface area contributed by atoms with Crippen LogP contribution in [0.15, 0.2) is 55.1 Å². The molecule has 13 nitrogen and oxygen atoms in total. The lowest BCUT2D eigenvalue weighted by atomic mass is 9.94. The van der Waals surface area contributed by atoms with Gasteiger partial charge in [0.05, 0.1) is 13.7 Å². The number of amidine groups is 1. The van der Waals surface area contributed by atoms with Gasteiger partial charge in [-0.1, -0.05) is 12.7 Å². The number of hydrogen-bond acceptors (Lipinski definition) is 9. The summed E-state index contributed by atoms with van der Waals surface area (Å²) >= 11 is 0. The highest BCUT2D eigenvalue weighted by molar-refractivity contribution is 6.11. The number of carbonyl (C=O) groups is 4. The lowest BCUT2D eigenvalue weighted by Gasteiger charge is -2.16. The molecule has 1 saturated carbocycles. The highest BCUT2D eigenvalue weighted by atomic mass is 35.5. The van der Waals surface area contributed by atoms with Gasteiger partial charge in [-0.15, -0.1) is 12.4 Å². The zero-order chi connectivity index (χ0) is 33.9. The molecule has 0 aliphatic heterocycles. The minimum Gasteiger partial charge on any atom is -0.496 e. The van der Waals surface area contributed by atoms with Crippen molar-refractivity contribution in [3.05, 3.63) is 83.2 Å². The van der Waals surface area contributed by atoms with Crippen LogP contribution in [0.4, 0.5) is 10.5 Å². The topological polar surface area (TPSA) is 206 Å². The van der Waals surface area contributed by atoms with Gasteiger partial charge in [0.15, 0.2) is 5.69 Å². The van der Waals surface area contributed by atoms with Gasteiger partial charge in [0.2, 0.25) is 0 Å². The maximum atomic E-state index is 13.7. The number of anilines is 1. The number of methoxy groups -OCH3 is 1. The highest BCUT2D eigenvalue weighted by Gasteiger charge is 2.25. The molecule has 1 aromatic heterocycles. The van der Waals surface area contributed by atoms with E-state index in [1.807, 2.05) is 0 Å². The van der Waals surface area contributed by atoms with Crippen LogP contribution in [0.5, 0.6) is 5.75 Å². The molecule has 254 valence electrons. The molecule has 0 saturated heterocycles. The number of carboxylic acids is 1. The van der Waals surface area contributed by atoms with E-state index in [9.17, 15) is 24.3 Å². The van der Waals surface area contributed by atoms with Gasteiger partial charge in [0.25, 0.3) is 11.8 Å². The van der Waals surface area contributed by atoms with E-state index in [0.717, 1.165) is 25.7 Å². The maximum absolute atomic E-state index is 13.7. The highest BCUT2D eigenvalue weighted by Crippen LogP contribution is 2.34. The van der Waals surface area contributed by atoms with Crippen LogP contribution in [0.3, 0.4) is 0 Å². The number of nitrogens with zero attached hydrogens (tertiary/aromatic N) is 1. The molecular weight excluding hydrogens is 640 g/mol. The van der Waals surface area contributed by atoms with Crippen molar-refractivity contribution in [1.29, 1.82) is 5.41 Å². The number of nitrogens with two attached hydrogens (primary N) is 1. The Morgan fingerprint density at radius 1 is 1.04 bits per heavy atom. The molecular formula is C34H39ClN6O7. The Bertz CT molecular complexity index is 1680. The summed E-state index contributed by atoms with van der Waals surface area (Å²) in [5.74, 6) is -1.84. The minimum atomic E-state index is -1.38. The standard InChI is InChI=1S/C34H38N6O7.ClH/c1-3-21-17-26(31(41)38-23-11-9-22(10-12-23)30(36)40-34(45)47-16-6-4-5-15-35)25(18-28(21)46-2)24-13-14-27(39-29(24)33(43)44)32(42)37-19-20-7-8-20;/h3,9-14,17-18,20H,1,4-8,15-16,19,35H2,2H3,(H,37,42)(H,38,41)(H,43,44)(H2,36,40,45);1H. The zero-order valence-electron chi connectivity index (χ0n) is 26.5. The SMILES string of the molecule is C=Cc1cc(C(=O)Nc2ccc(C(=N)NC(=O)OCCCCCN)cc2)c(-c2ccc(C(=O)NCC3CC3)nc2C(=O)O)cc1OC.Cl. The van der Waals surface area contributed by atoms with Gasteiger partial charge >= 0.3 is 12.1 Å². The summed E-state index contributed by atoms with van der Waals surface area (Å²) in [6.45, 7) is 5.07. The van der Waals surface area contributed by atoms with Crippen molar-refractivity contribution in [1.82, 2.24) is 15.6 Å². The third-order valence-corrected chi connectivity index (χ3v) is 7.44. The molecule has 1 aliphatic carbocycles. The summed E-state index contributed by atoms with van der Waals surface area (Å²) in [6.07, 6.45) is 5.19. The number of unbranched alkanes of at least 4 members (excludes halogenated alkanes) is 2. The predicted molar refractivity (Wildman–Crippen MR) is 184 cm³/mol. The van der Waals surface area contributed by atoms with E-state index >= 15 is 0 Å². The van der Waals surface area contributed by atoms with Crippen LogP contribution in [0.2, 0.25) is 0 Å². The summed E-state index contributed by atoms with van der Waals surface area (Å²) in [6, 6.07) is 12.1. The smallest absolute Gasteiger partial charge is 0.412 e. The van der Waals surface area contributed by atoms with E-state index in [1.165, 1.54) is 37.5 Å². The van der Waals surface area contributed by atoms with Gasteiger partial charge < -0.3 is 30.9 Å². The molecule has 48 heavy (non-hydrogen) atoms. The fourth-order valence-corrected chi connectivity index (χ4v) is 4.68. The van der Waals surface area contributed by atoms with E-state index in [0.29, 0.717) is 48.0 Å². The van der Waals surface area contributed by atoms with Gasteiger partial charge in [-0.2, -0.15) is 0 Å². The van der Waals surface area contributed by atoms with Gasteiger partial charge in [-0.05, 0) is 93.1 Å². The lowest BCUT2D eigenvalue weighted by Crippen LogP contribution is -2.31. The molecule has 2 aromatic carbocycles. The minimum absolute atomic E-state index is 0. The molecule has 3 amide bonds. The number of carbonyl (C=O) groups excluding carboxylic acids is 3. The normalized spacial score (nSPS) is 11.8. The Morgan fingerprint density at radius 2 is 1.77 bits per heavy atom. The first kappa shape index (κ1) is 37.2. The van der Waals surface area contributed by atoms with Crippen LogP contribution in [0.1, 0.15) is 74.6 Å². The third kappa shape index (κ3) is 9.86. The Labute approximate surface area is 284 Å². The predicted octanol–water partition coefficient (Wildman–Crippen LogP) is 5.09. The number of alkyl carbamates (subject to hydrolysis) is 1. The molecule has 0 spiro atoms. The average Bonchev–Trinajstić information content (AvgIpc) is 3.91. The second kappa shape index (κ2) is 17.6. The Balaban J connectivity index is 0.00000625. The molecule has 1 aliphatic rings. The first-order valence-corrected chi connectivity index (χ1v) is 15.2. The molecule has 0 atom stereocenters. The first-order valence-electron chi connectivity index (χ1n) is 15.2. The summed E-state index contributed by atoms with van der Waals surface area (Å²) < 4.78 is 10.6. The number of halogens is 1. The summed E-state index contributed by atoms with van der Waals surface area (Å²) in [7, 11) is 1.44. The Morgan fingerprint density at radius 3 is 2.40 bits per heavy atom. The van der Waals surface area contributed by atoms with E-state index in [2.05, 4.69) is 27.5 Å². The van der Waals surface area contributed by atoms with Crippen molar-refractivity contribution in [2.24, 2.45) is 11.7 Å². The molecule has 0 radical (unpaired) electrons. The van der Waals surface area contributed by atoms with E-state index in [4.69, 9.17) is 20.6 Å². The van der Waals surface area contributed by atoms with E-state index in [-0.39, 0.29) is 47.2 Å². The average molecular weight is 679 g/mol. The van der Waals surface area contributed by atoms with Crippen LogP contribution in [-0.2, 0) is 4.74 Å². The van der Waals surface area contributed by atoms with Crippen molar-refractivity contribution in [3.8, 4) is 16.9 Å². The molecule has 0 unspecified atom stereocenters. The molecule has 7 N–H and O–H groups in total. The second-order valence-electron chi connectivity index (χ2n) is 10.9. The number of hydrogen-bond donors (Lipinski definition) is 6. The lowest BCUT2D eigenvalue weighted by molar-refractivity contribution is 0.0690. The number of carboxylic acid groups (broad SMARTS) is 1. The number of ether oxygens (including phenoxy) is 2. The van der Waals surface area contributed by atoms with Crippen LogP contribution in [-0.4, -0.2) is 66.6 Å². The van der Waals surface area contributed by atoms with Gasteiger partial charge in [-0.25, -0.2) is 14.6 Å². The number of benzene rings is 2. The fraction of sp³-hybridized carbons (Fsp3) is 0.294. The number of pyridine rings is 1. The number of nitrogens with one attached hydrogen (secondary N) is 4. The molecule has 1 heterocycles. The second-order valence-corrected chi connectivity index (χ2v) is 10.9. The Kier molecular flexibility index (Phi) is 13.6. The largest absolute Gasteiger partial charge is 0.496 e. The van der Waals surface area contributed by atoms with Crippen LogP contribution in [0.25, 0.3) is 17.2 Å². The van der Waals surface area contributed by atoms with Crippen molar-refractivity contribution in [2.75, 3.05) is 32.1 Å². The van der Waals surface area contributed by atoms with E-state index < -0.39 is 29.6 Å². The number of aromatic nitrogens is 1. The summed E-state index contributed by atoms with van der Waals surface area (Å²) in [4.78, 5) is 54.8. The monoisotopic (exact) mass is 678 g/mol. The van der Waals surface area contributed by atoms with Crippen LogP contribution >= 0.6 is 12.4 Å². The molecule has 14 heteroatoms. The molecule has 1 fully saturated rings. The summed E-state index contributed by atoms with van der Waals surface area (Å²) in [5, 5.41) is 26.2. The first-order chi connectivity index (χ1) is 22.6. The summed E-state index contributed by atoms with van der Waals surface area (Å²) in [5.41, 5.74) is 6.65. The number of rotatable bonds is 15. The molecule has 3 aromatic rings. The quantitative estimate of drug-likeness (QED) is 0.0718. The third-order valence-electron chi connectivity index (χ3n) is 7.44. The van der Waals surface area contributed by atoms with Crippen molar-refractivity contribution >= 4 is 53.9 Å². The molecule has 4 rings (SSSR count). The maximum Gasteiger partial charge on any atom is 0.412 e. The van der Waals surface area contributed by atoms with Crippen molar-refractivity contribution < 1.29 is 33.8 Å². The van der Waals surface area contributed by atoms with Crippen molar-refractivity contribution in [2.45, 2.75) is 32.1 Å². The fourth-order valence-electron chi connectivity index (χ4n) is 4.68. The van der Waals surface area contributed by atoms with Gasteiger partial charge in [0.1, 0.15) is 17.3 Å². The number of amides is 3. The number of aromatic carboxylic acids is 1. The van der Waals surface area contributed by atoms with Crippen LogP contribution < -0.4 is 26.4 Å². The van der Waals surface area contributed by atoms with Gasteiger partial charge in [0, 0.05) is 40.0 Å². The van der Waals surface area contributed by atoms with E-state index in [1.54, 1.807) is 24.3 Å². The zero-order valence-corrected chi connectivity index (χ0v) is 27.3. The van der Waals surface area contributed by atoms with Crippen LogP contribution in [0, 0.1) is 11.3 Å². The molecule has 0 bridgehead atoms.